The summed E-state index contributed by atoms with van der Waals surface area (Å²) in [4.78, 5) is 4.04. The van der Waals surface area contributed by atoms with Crippen LogP contribution in [0.5, 0.6) is 0 Å². The molecule has 1 atom stereocenters. The summed E-state index contributed by atoms with van der Waals surface area (Å²) in [5.41, 5.74) is 2.36. The van der Waals surface area contributed by atoms with E-state index in [0.29, 0.717) is 12.5 Å². The van der Waals surface area contributed by atoms with Gasteiger partial charge in [0.15, 0.2) is 0 Å². The normalized spacial score (nSPS) is 11.5. The molecule has 1 unspecified atom stereocenters. The minimum absolute atomic E-state index is 0.341. The van der Waals surface area contributed by atoms with E-state index < -0.39 is 0 Å². The highest BCUT2D eigenvalue weighted by molar-refractivity contribution is 5.12. The second-order valence-electron chi connectivity index (χ2n) is 4.05. The van der Waals surface area contributed by atoms with Crippen LogP contribution < -0.4 is 0 Å². The van der Waals surface area contributed by atoms with E-state index in [2.05, 4.69) is 31.8 Å². The van der Waals surface area contributed by atoms with Gasteiger partial charge in [-0.3, -0.25) is 4.98 Å². The predicted octanol–water partition coefficient (Wildman–Crippen LogP) is 3.11. The number of hydrogen-bond acceptors (Lipinski definition) is 2. The molecule has 0 fully saturated rings. The highest BCUT2D eigenvalue weighted by Gasteiger charge is 1.94. The summed E-state index contributed by atoms with van der Waals surface area (Å²) in [6.07, 6.45) is 4.16. The molecule has 15 heavy (non-hydrogen) atoms. The fourth-order valence-electron chi connectivity index (χ4n) is 1.27. The van der Waals surface area contributed by atoms with Gasteiger partial charge < -0.3 is 5.11 Å². The van der Waals surface area contributed by atoms with E-state index in [4.69, 9.17) is 5.11 Å². The van der Waals surface area contributed by atoms with Crippen molar-refractivity contribution in [2.24, 2.45) is 5.92 Å². The third-order valence-electron chi connectivity index (χ3n) is 2.15. The summed E-state index contributed by atoms with van der Waals surface area (Å²) >= 11 is 0. The van der Waals surface area contributed by atoms with Crippen LogP contribution in [0.1, 0.15) is 37.9 Å². The third-order valence-corrected chi connectivity index (χ3v) is 2.15. The smallest absolute Gasteiger partial charge is 0.0456 e. The van der Waals surface area contributed by atoms with E-state index in [0.717, 1.165) is 12.1 Å². The highest BCUT2D eigenvalue weighted by Crippen LogP contribution is 2.01. The maximum atomic E-state index is 8.47. The molecule has 0 saturated heterocycles. The first-order valence-corrected chi connectivity index (χ1v) is 5.60. The molecule has 0 aliphatic heterocycles. The van der Waals surface area contributed by atoms with Crippen LogP contribution in [-0.2, 0) is 0 Å². The van der Waals surface area contributed by atoms with Crippen molar-refractivity contribution >= 4 is 0 Å². The van der Waals surface area contributed by atoms with Gasteiger partial charge in [-0.25, -0.2) is 0 Å². The van der Waals surface area contributed by atoms with Gasteiger partial charge in [0, 0.05) is 18.5 Å². The van der Waals surface area contributed by atoms with Crippen LogP contribution in [0.15, 0.2) is 18.3 Å². The molecule has 0 amide bonds. The second kappa shape index (κ2) is 8.42. The summed E-state index contributed by atoms with van der Waals surface area (Å²) in [6, 6.07) is 4.05. The summed E-state index contributed by atoms with van der Waals surface area (Å²) in [5, 5.41) is 8.47. The van der Waals surface area contributed by atoms with Crippen molar-refractivity contribution in [1.82, 2.24) is 4.98 Å². The average molecular weight is 209 g/mol. The Bertz CT molecular complexity index is 243. The molecule has 0 aromatic carbocycles. The van der Waals surface area contributed by atoms with Crippen LogP contribution in [0.4, 0.5) is 0 Å². The van der Waals surface area contributed by atoms with E-state index in [1.54, 1.807) is 0 Å². The van der Waals surface area contributed by atoms with Gasteiger partial charge in [0.1, 0.15) is 0 Å². The van der Waals surface area contributed by atoms with Crippen molar-refractivity contribution in [1.29, 1.82) is 0 Å². The molecule has 0 saturated carbocycles. The Morgan fingerprint density at radius 2 is 2.07 bits per heavy atom. The first kappa shape index (κ1) is 14.1. The lowest BCUT2D eigenvalue weighted by Gasteiger charge is -2.01. The monoisotopic (exact) mass is 209 g/mol. The zero-order valence-electron chi connectivity index (χ0n) is 10.3. The van der Waals surface area contributed by atoms with Crippen LogP contribution in [-0.4, -0.2) is 16.7 Å². The predicted molar refractivity (Wildman–Crippen MR) is 64.9 cm³/mol. The number of aromatic nitrogens is 1. The topological polar surface area (TPSA) is 33.1 Å². The van der Waals surface area contributed by atoms with E-state index >= 15 is 0 Å². The van der Waals surface area contributed by atoms with Gasteiger partial charge in [0.05, 0.1) is 0 Å². The molecular weight excluding hydrogens is 186 g/mol. The van der Waals surface area contributed by atoms with Crippen LogP contribution >= 0.6 is 0 Å². The first-order chi connectivity index (χ1) is 7.10. The second-order valence-corrected chi connectivity index (χ2v) is 4.05. The molecule has 2 nitrogen and oxygen atoms in total. The number of rotatable bonds is 3. The van der Waals surface area contributed by atoms with Gasteiger partial charge in [0.25, 0.3) is 0 Å². The molecule has 1 aromatic rings. The Kier molecular flexibility index (Phi) is 7.92. The van der Waals surface area contributed by atoms with Crippen LogP contribution in [0.2, 0.25) is 0 Å². The Morgan fingerprint density at radius 1 is 1.40 bits per heavy atom. The maximum Gasteiger partial charge on any atom is 0.0456 e. The third kappa shape index (κ3) is 8.13. The molecule has 0 radical (unpaired) electrons. The van der Waals surface area contributed by atoms with Crippen LogP contribution in [0, 0.1) is 19.8 Å². The van der Waals surface area contributed by atoms with Crippen molar-refractivity contribution in [3.8, 4) is 0 Å². The number of nitrogens with zero attached hydrogens (tertiary/aromatic N) is 1. The van der Waals surface area contributed by atoms with Gasteiger partial charge in [-0.05, 0) is 43.9 Å². The lowest BCUT2D eigenvalue weighted by atomic mass is 10.1. The molecule has 0 spiro atoms. The van der Waals surface area contributed by atoms with E-state index in [1.165, 1.54) is 12.0 Å². The van der Waals surface area contributed by atoms with E-state index in [9.17, 15) is 0 Å². The van der Waals surface area contributed by atoms with Gasteiger partial charge in [-0.15, -0.1) is 0 Å². The number of aliphatic hydroxyl groups excluding tert-OH is 1. The Labute approximate surface area is 93.4 Å². The molecule has 0 aliphatic carbocycles. The van der Waals surface area contributed by atoms with Crippen molar-refractivity contribution < 1.29 is 5.11 Å². The molecule has 1 aromatic heterocycles. The molecule has 1 N–H and O–H groups in total. The molecule has 86 valence electrons. The number of aliphatic hydroxyl groups is 1. The molecule has 0 aliphatic rings. The summed E-state index contributed by atoms with van der Waals surface area (Å²) in [7, 11) is 0. The number of hydrogen-bond donors (Lipinski definition) is 1. The van der Waals surface area contributed by atoms with Gasteiger partial charge in [-0.2, -0.15) is 0 Å². The molecule has 1 rings (SSSR count). The van der Waals surface area contributed by atoms with E-state index in [1.807, 2.05) is 19.2 Å². The average Bonchev–Trinajstić information content (AvgIpc) is 2.18. The molecule has 0 bridgehead atoms. The highest BCUT2D eigenvalue weighted by atomic mass is 16.3. The number of aryl methyl sites for hydroxylation is 2. The number of pyridine rings is 1. The Hall–Kier alpha value is -0.890. The SMILES string of the molecule is CCCC(C)CO.Cc1ccnc(C)c1. The van der Waals surface area contributed by atoms with Crippen molar-refractivity contribution in [3.05, 3.63) is 29.6 Å². The lowest BCUT2D eigenvalue weighted by Crippen LogP contribution is -1.98. The fourth-order valence-corrected chi connectivity index (χ4v) is 1.27. The molecule has 2 heteroatoms. The minimum atomic E-state index is 0.341. The Balaban J connectivity index is 0.000000265. The summed E-state index contributed by atoms with van der Waals surface area (Å²) < 4.78 is 0. The van der Waals surface area contributed by atoms with Gasteiger partial charge in [0.2, 0.25) is 0 Å². The van der Waals surface area contributed by atoms with E-state index in [-0.39, 0.29) is 0 Å². The minimum Gasteiger partial charge on any atom is -0.396 e. The maximum absolute atomic E-state index is 8.47. The van der Waals surface area contributed by atoms with Crippen LogP contribution in [0.3, 0.4) is 0 Å². The molecular formula is C13H23NO. The van der Waals surface area contributed by atoms with Gasteiger partial charge >= 0.3 is 0 Å². The fraction of sp³-hybridized carbons (Fsp3) is 0.615. The summed E-state index contributed by atoms with van der Waals surface area (Å²) in [5.74, 6) is 0.505. The Morgan fingerprint density at radius 3 is 2.33 bits per heavy atom. The van der Waals surface area contributed by atoms with Crippen molar-refractivity contribution in [2.45, 2.75) is 40.5 Å². The van der Waals surface area contributed by atoms with Crippen molar-refractivity contribution in [3.63, 3.8) is 0 Å². The van der Waals surface area contributed by atoms with Crippen LogP contribution in [0.25, 0.3) is 0 Å². The first-order valence-electron chi connectivity index (χ1n) is 5.60. The lowest BCUT2D eigenvalue weighted by molar-refractivity contribution is 0.229. The van der Waals surface area contributed by atoms with Gasteiger partial charge in [-0.1, -0.05) is 20.3 Å². The zero-order chi connectivity index (χ0) is 11.7. The largest absolute Gasteiger partial charge is 0.396 e. The van der Waals surface area contributed by atoms with Crippen molar-refractivity contribution in [2.75, 3.05) is 6.61 Å². The molecule has 1 heterocycles. The quantitative estimate of drug-likeness (QED) is 0.829. The zero-order valence-corrected chi connectivity index (χ0v) is 10.3. The summed E-state index contributed by atoms with van der Waals surface area (Å²) in [6.45, 7) is 8.59. The standard InChI is InChI=1S/C7H9N.C6H14O/c1-6-3-4-8-7(2)5-6;1-3-4-6(2)5-7/h3-5H,1-2H3;6-7H,3-5H2,1-2H3.